The molecule has 0 N–H and O–H groups in total. The molecule has 0 saturated carbocycles. The highest BCUT2D eigenvalue weighted by Gasteiger charge is 2.27. The minimum Gasteiger partial charge on any atom is -0.214 e. The van der Waals surface area contributed by atoms with Gasteiger partial charge < -0.3 is 0 Å². The van der Waals surface area contributed by atoms with Crippen molar-refractivity contribution in [2.75, 3.05) is 0 Å². The lowest BCUT2D eigenvalue weighted by atomic mass is 9.78. The Morgan fingerprint density at radius 2 is 2.07 bits per heavy atom. The third-order valence-corrected chi connectivity index (χ3v) is 3.61. The van der Waals surface area contributed by atoms with Crippen molar-refractivity contribution >= 4 is 11.3 Å². The largest absolute Gasteiger partial charge is 0.269 e. The van der Waals surface area contributed by atoms with Crippen molar-refractivity contribution < 1.29 is 4.39 Å². The van der Waals surface area contributed by atoms with Gasteiger partial charge >= 0.3 is 0 Å². The molecule has 1 aromatic rings. The van der Waals surface area contributed by atoms with Crippen LogP contribution < -0.4 is 0 Å². The number of rotatable bonds is 6. The molecule has 0 aliphatic carbocycles. The van der Waals surface area contributed by atoms with Crippen LogP contribution in [0.5, 0.6) is 0 Å². The molecule has 0 aliphatic rings. The molecule has 1 rings (SSSR count). The summed E-state index contributed by atoms with van der Waals surface area (Å²) >= 11 is 1.11. The van der Waals surface area contributed by atoms with Crippen LogP contribution >= 0.6 is 11.3 Å². The van der Waals surface area contributed by atoms with Crippen molar-refractivity contribution in [3.8, 4) is 0 Å². The van der Waals surface area contributed by atoms with Crippen molar-refractivity contribution in [2.45, 2.75) is 58.3 Å². The van der Waals surface area contributed by atoms with Crippen molar-refractivity contribution in [2.24, 2.45) is 0 Å². The van der Waals surface area contributed by atoms with Crippen LogP contribution in [0.3, 0.4) is 0 Å². The van der Waals surface area contributed by atoms with E-state index in [9.17, 15) is 4.39 Å². The van der Waals surface area contributed by atoms with E-state index in [1.54, 1.807) is 0 Å². The molecule has 0 aliphatic heterocycles. The first-order chi connectivity index (χ1) is 7.12. The minimum atomic E-state index is -0.302. The minimum absolute atomic E-state index is 0.0750. The Morgan fingerprint density at radius 1 is 1.33 bits per heavy atom. The van der Waals surface area contributed by atoms with Crippen LogP contribution in [0.4, 0.5) is 4.39 Å². The third kappa shape index (κ3) is 3.26. The van der Waals surface area contributed by atoms with Gasteiger partial charge in [0.25, 0.3) is 5.26 Å². The van der Waals surface area contributed by atoms with E-state index in [1.165, 1.54) is 12.8 Å². The summed E-state index contributed by atoms with van der Waals surface area (Å²) in [6.45, 7) is 6.57. The average molecular weight is 229 g/mol. The lowest BCUT2D eigenvalue weighted by Crippen LogP contribution is -2.22. The summed E-state index contributed by atoms with van der Waals surface area (Å²) in [7, 11) is 0. The quantitative estimate of drug-likeness (QED) is 0.698. The fraction of sp³-hybridized carbons (Fsp3) is 0.750. The van der Waals surface area contributed by atoms with Crippen LogP contribution in [0.15, 0.2) is 5.38 Å². The van der Waals surface area contributed by atoms with Gasteiger partial charge in [-0.3, -0.25) is 0 Å². The van der Waals surface area contributed by atoms with Crippen molar-refractivity contribution in [1.82, 2.24) is 4.98 Å². The van der Waals surface area contributed by atoms with E-state index < -0.39 is 0 Å². The summed E-state index contributed by atoms with van der Waals surface area (Å²) in [5.74, 6) is 0. The van der Waals surface area contributed by atoms with Crippen molar-refractivity contribution in [1.29, 1.82) is 0 Å². The fourth-order valence-electron chi connectivity index (χ4n) is 2.03. The topological polar surface area (TPSA) is 12.9 Å². The molecule has 1 unspecified atom stereocenters. The molecule has 0 spiro atoms. The van der Waals surface area contributed by atoms with E-state index in [0.717, 1.165) is 36.3 Å². The molecule has 0 saturated heterocycles. The Hall–Kier alpha value is -0.440. The fourth-order valence-corrected chi connectivity index (χ4v) is 2.73. The van der Waals surface area contributed by atoms with Gasteiger partial charge in [-0.25, -0.2) is 4.98 Å². The van der Waals surface area contributed by atoms with Gasteiger partial charge in [0.2, 0.25) is 0 Å². The van der Waals surface area contributed by atoms with E-state index in [4.69, 9.17) is 0 Å². The molecule has 1 atom stereocenters. The van der Waals surface area contributed by atoms with E-state index in [-0.39, 0.29) is 10.7 Å². The van der Waals surface area contributed by atoms with Crippen LogP contribution in [-0.2, 0) is 5.41 Å². The smallest absolute Gasteiger partial charge is 0.214 e. The highest BCUT2D eigenvalue weighted by atomic mass is 32.1. The van der Waals surface area contributed by atoms with Gasteiger partial charge in [-0.05, 0) is 12.8 Å². The summed E-state index contributed by atoms with van der Waals surface area (Å²) < 4.78 is 12.9. The first-order valence-corrected chi connectivity index (χ1v) is 6.62. The molecule has 0 aromatic carbocycles. The second kappa shape index (κ2) is 5.59. The molecule has 1 heterocycles. The zero-order chi connectivity index (χ0) is 11.3. The molecule has 86 valence electrons. The molecule has 0 radical (unpaired) electrons. The summed E-state index contributed by atoms with van der Waals surface area (Å²) in [6, 6.07) is 0. The summed E-state index contributed by atoms with van der Waals surface area (Å²) in [6.07, 6.45) is 5.71. The normalized spacial score (nSPS) is 15.2. The second-order valence-electron chi connectivity index (χ2n) is 4.40. The van der Waals surface area contributed by atoms with Gasteiger partial charge in [0.05, 0.1) is 5.69 Å². The van der Waals surface area contributed by atoms with E-state index >= 15 is 0 Å². The van der Waals surface area contributed by atoms with Crippen LogP contribution in [0, 0.1) is 5.26 Å². The molecular weight excluding hydrogens is 209 g/mol. The third-order valence-electron chi connectivity index (χ3n) is 2.98. The van der Waals surface area contributed by atoms with Gasteiger partial charge in [0.15, 0.2) is 0 Å². The van der Waals surface area contributed by atoms with Gasteiger partial charge in [-0.1, -0.05) is 51.4 Å². The predicted octanol–water partition coefficient (Wildman–Crippen LogP) is 4.53. The van der Waals surface area contributed by atoms with Crippen LogP contribution in [0.2, 0.25) is 0 Å². The summed E-state index contributed by atoms with van der Waals surface area (Å²) in [5.41, 5.74) is 1.02. The first kappa shape index (κ1) is 12.6. The molecule has 0 fully saturated rings. The average Bonchev–Trinajstić information content (AvgIpc) is 2.63. The lowest BCUT2D eigenvalue weighted by Gasteiger charge is -2.27. The maximum atomic E-state index is 12.9. The first-order valence-electron chi connectivity index (χ1n) is 5.74. The molecule has 0 amide bonds. The zero-order valence-electron chi connectivity index (χ0n) is 9.85. The van der Waals surface area contributed by atoms with Gasteiger partial charge in [-0.15, -0.1) is 0 Å². The van der Waals surface area contributed by atoms with Crippen LogP contribution in [0.1, 0.15) is 58.6 Å². The maximum absolute atomic E-state index is 12.9. The standard InChI is InChI=1S/C12H20FNS/c1-4-6-8-12(3,7-5-2)10-9-15-11(13)14-10/h9H,4-8H2,1-3H3. The molecule has 0 bridgehead atoms. The lowest BCUT2D eigenvalue weighted by molar-refractivity contribution is 0.371. The number of hydrogen-bond donors (Lipinski definition) is 0. The van der Waals surface area contributed by atoms with Gasteiger partial charge in [0, 0.05) is 10.8 Å². The van der Waals surface area contributed by atoms with Crippen LogP contribution in [-0.4, -0.2) is 4.98 Å². The Morgan fingerprint density at radius 3 is 2.53 bits per heavy atom. The number of hydrogen-bond acceptors (Lipinski definition) is 2. The summed E-state index contributed by atoms with van der Waals surface area (Å²) in [5, 5.41) is 1.57. The SMILES string of the molecule is CCCCC(C)(CCC)c1csc(F)n1. The monoisotopic (exact) mass is 229 g/mol. The number of thiazole rings is 1. The Kier molecular flexibility index (Phi) is 4.71. The number of halogens is 1. The molecule has 15 heavy (non-hydrogen) atoms. The van der Waals surface area contributed by atoms with Gasteiger partial charge in [0.1, 0.15) is 0 Å². The number of aromatic nitrogens is 1. The molecule has 1 nitrogen and oxygen atoms in total. The second-order valence-corrected chi connectivity index (χ2v) is 5.21. The maximum Gasteiger partial charge on any atom is 0.269 e. The van der Waals surface area contributed by atoms with Gasteiger partial charge in [-0.2, -0.15) is 4.39 Å². The predicted molar refractivity (Wildman–Crippen MR) is 63.9 cm³/mol. The van der Waals surface area contributed by atoms with E-state index in [1.807, 2.05) is 5.38 Å². The molecule has 3 heteroatoms. The van der Waals surface area contributed by atoms with E-state index in [0.29, 0.717) is 0 Å². The number of unbranched alkanes of at least 4 members (excludes halogenated alkanes) is 1. The highest BCUT2D eigenvalue weighted by Crippen LogP contribution is 2.34. The van der Waals surface area contributed by atoms with Crippen molar-refractivity contribution in [3.05, 3.63) is 16.3 Å². The Balaban J connectivity index is 2.79. The zero-order valence-corrected chi connectivity index (χ0v) is 10.7. The highest BCUT2D eigenvalue weighted by molar-refractivity contribution is 7.08. The summed E-state index contributed by atoms with van der Waals surface area (Å²) in [4.78, 5) is 4.01. The van der Waals surface area contributed by atoms with E-state index in [2.05, 4.69) is 25.8 Å². The Labute approximate surface area is 95.7 Å². The Bertz CT molecular complexity index is 298. The molecule has 1 aromatic heterocycles. The number of nitrogens with zero attached hydrogens (tertiary/aromatic N) is 1. The molecular formula is C12H20FNS. The van der Waals surface area contributed by atoms with Crippen molar-refractivity contribution in [3.63, 3.8) is 0 Å². The van der Waals surface area contributed by atoms with Crippen LogP contribution in [0.25, 0.3) is 0 Å².